The first-order valence-corrected chi connectivity index (χ1v) is 10.3. The highest BCUT2D eigenvalue weighted by Gasteiger charge is 2.64. The molecule has 0 aliphatic rings. The van der Waals surface area contributed by atoms with Gasteiger partial charge in [0.2, 0.25) is 5.92 Å². The Balaban J connectivity index is 3.59. The summed E-state index contributed by atoms with van der Waals surface area (Å²) in [4.78, 5) is 10.4. The predicted octanol–water partition coefficient (Wildman–Crippen LogP) is 4.92. The second-order valence-corrected chi connectivity index (χ2v) is 10.6. The zero-order valence-electron chi connectivity index (χ0n) is 13.9. The van der Waals surface area contributed by atoms with Gasteiger partial charge in [0.05, 0.1) is 5.69 Å². The van der Waals surface area contributed by atoms with Gasteiger partial charge in [-0.15, -0.1) is 19.8 Å². The van der Waals surface area contributed by atoms with E-state index in [0.717, 1.165) is 12.1 Å². The van der Waals surface area contributed by atoms with Gasteiger partial charge in [-0.2, -0.15) is 26.3 Å². The third-order valence-electron chi connectivity index (χ3n) is 3.73. The summed E-state index contributed by atoms with van der Waals surface area (Å²) >= 11 is 0. The third kappa shape index (κ3) is 5.27. The lowest BCUT2D eigenvalue weighted by atomic mass is 10.1. The first kappa shape index (κ1) is 23.1. The Labute approximate surface area is 149 Å². The number of nitrogens with zero attached hydrogens (tertiary/aromatic N) is 1. The maximum atomic E-state index is 13.3. The number of carbonyl (C=O) groups is 1. The molecule has 0 N–H and O–H groups in total. The first-order valence-electron chi connectivity index (χ1n) is 7.21. The Kier molecular flexibility index (Phi) is 6.15. The number of amides is 1. The number of anilines is 1. The maximum absolute atomic E-state index is 13.3. The lowest BCUT2D eigenvalue weighted by molar-refractivity contribution is -0.275. The van der Waals surface area contributed by atoms with Crippen LogP contribution in [0.3, 0.4) is 0 Å². The van der Waals surface area contributed by atoms with Crippen molar-refractivity contribution in [2.75, 3.05) is 4.90 Å². The minimum absolute atomic E-state index is 0.243. The van der Waals surface area contributed by atoms with Crippen LogP contribution in [0, 0.1) is 5.92 Å². The molecule has 0 aliphatic carbocycles. The van der Waals surface area contributed by atoms with E-state index in [0.29, 0.717) is 6.07 Å². The lowest BCUT2D eigenvalue weighted by Crippen LogP contribution is -2.54. The van der Waals surface area contributed by atoms with E-state index in [4.69, 9.17) is 0 Å². The number of rotatable bonds is 4. The van der Waals surface area contributed by atoms with Crippen molar-refractivity contribution in [3.63, 3.8) is 0 Å². The summed E-state index contributed by atoms with van der Waals surface area (Å²) in [6.07, 6.45) is -18.3. The summed E-state index contributed by atoms with van der Waals surface area (Å²) in [7, 11) is -2.51. The fraction of sp³-hybridized carbons (Fsp3) is 0.400. The molecular formula is C15H14F9NOSi. The van der Waals surface area contributed by atoms with Crippen molar-refractivity contribution in [1.29, 1.82) is 0 Å². The van der Waals surface area contributed by atoms with Gasteiger partial charge < -0.3 is 0 Å². The summed E-state index contributed by atoms with van der Waals surface area (Å²) in [5.41, 5.74) is 0.325. The largest absolute Gasteiger partial charge is 0.491 e. The highest BCUT2D eigenvalue weighted by atomic mass is 28.3. The van der Waals surface area contributed by atoms with E-state index in [2.05, 4.69) is 6.58 Å². The molecule has 0 heterocycles. The molecule has 0 bridgehead atoms. The van der Waals surface area contributed by atoms with Gasteiger partial charge >= 0.3 is 18.7 Å². The van der Waals surface area contributed by atoms with Crippen LogP contribution in [-0.2, 0) is 4.79 Å². The number of benzene rings is 1. The van der Waals surface area contributed by atoms with Crippen LogP contribution >= 0.6 is 0 Å². The van der Waals surface area contributed by atoms with Crippen molar-refractivity contribution >= 4 is 24.9 Å². The number of hydrogen-bond acceptors (Lipinski definition) is 1. The van der Waals surface area contributed by atoms with E-state index in [-0.39, 0.29) is 5.19 Å². The zero-order chi connectivity index (χ0) is 21.4. The van der Waals surface area contributed by atoms with Crippen LogP contribution in [0.15, 0.2) is 36.5 Å². The number of carbonyl (C=O) groups excluding carboxylic acids is 1. The minimum Gasteiger partial charge on any atom is -0.273 e. The molecule has 12 heteroatoms. The summed E-state index contributed by atoms with van der Waals surface area (Å²) in [6, 6.07) is 3.75. The van der Waals surface area contributed by atoms with E-state index in [1.165, 1.54) is 11.8 Å². The smallest absolute Gasteiger partial charge is 0.273 e. The Morgan fingerprint density at radius 2 is 1.52 bits per heavy atom. The van der Waals surface area contributed by atoms with Gasteiger partial charge in [-0.1, -0.05) is 36.1 Å². The number of halogens is 9. The fourth-order valence-corrected chi connectivity index (χ4v) is 3.44. The molecule has 0 saturated heterocycles. The molecule has 0 unspecified atom stereocenters. The predicted molar refractivity (Wildman–Crippen MR) is 82.9 cm³/mol. The molecule has 1 aromatic carbocycles. The topological polar surface area (TPSA) is 20.3 Å². The molecule has 1 amide bonds. The molecule has 27 heavy (non-hydrogen) atoms. The molecule has 0 spiro atoms. The average molecular weight is 423 g/mol. The quantitative estimate of drug-likeness (QED) is 0.383. The van der Waals surface area contributed by atoms with Gasteiger partial charge in [0.25, 0.3) is 5.91 Å². The van der Waals surface area contributed by atoms with Crippen LogP contribution < -0.4 is 10.1 Å². The van der Waals surface area contributed by atoms with Gasteiger partial charge in [0.1, 0.15) is 8.07 Å². The highest BCUT2D eigenvalue weighted by Crippen LogP contribution is 2.43. The Morgan fingerprint density at radius 1 is 1.04 bits per heavy atom. The van der Waals surface area contributed by atoms with Crippen molar-refractivity contribution in [2.24, 2.45) is 5.92 Å². The molecule has 1 rings (SSSR count). The minimum atomic E-state index is -6.24. The highest BCUT2D eigenvalue weighted by molar-refractivity contribution is 6.93. The Hall–Kier alpha value is -1.98. The van der Waals surface area contributed by atoms with Crippen LogP contribution in [0.1, 0.15) is 0 Å². The molecule has 1 aromatic rings. The van der Waals surface area contributed by atoms with Crippen LogP contribution in [0.4, 0.5) is 45.2 Å². The van der Waals surface area contributed by atoms with Gasteiger partial charge in [-0.25, -0.2) is 4.90 Å². The third-order valence-corrected chi connectivity index (χ3v) is 6.55. The van der Waals surface area contributed by atoms with E-state index in [1.54, 1.807) is 13.1 Å². The van der Waals surface area contributed by atoms with Gasteiger partial charge in [-0.3, -0.25) is 4.79 Å². The normalized spacial score (nSPS) is 13.6. The van der Waals surface area contributed by atoms with Crippen LogP contribution in [0.5, 0.6) is 0 Å². The zero-order valence-corrected chi connectivity index (χ0v) is 14.9. The maximum Gasteiger partial charge on any atom is 0.491 e. The molecule has 0 fully saturated rings. The second-order valence-electron chi connectivity index (χ2n) is 6.13. The summed E-state index contributed by atoms with van der Waals surface area (Å²) in [6.45, 7) is 6.81. The first-order chi connectivity index (χ1) is 11.9. The molecule has 2 nitrogen and oxygen atoms in total. The van der Waals surface area contributed by atoms with Crippen molar-refractivity contribution < 1.29 is 44.3 Å². The second kappa shape index (κ2) is 7.21. The van der Waals surface area contributed by atoms with Crippen molar-refractivity contribution in [3.05, 3.63) is 36.5 Å². The standard InChI is InChI=1S/C15H14F9NOSi/c1-4-27(2,3)10-7-5-6-9(8-10)25(15(22,23)24)12(26)11(13(16,17)18)14(19,20)21/h4-8,11H,1H2,2-3H3. The Bertz CT molecular complexity index is 692. The van der Waals surface area contributed by atoms with Crippen molar-refractivity contribution in [1.82, 2.24) is 0 Å². The molecule has 152 valence electrons. The Morgan fingerprint density at radius 3 is 1.89 bits per heavy atom. The fourth-order valence-electron chi connectivity index (χ4n) is 2.16. The summed E-state index contributed by atoms with van der Waals surface area (Å²) in [5, 5.41) is 0.243. The molecule has 0 aromatic heterocycles. The summed E-state index contributed by atoms with van der Waals surface area (Å²) < 4.78 is 116. The lowest BCUT2D eigenvalue weighted by Gasteiger charge is -2.31. The average Bonchev–Trinajstić information content (AvgIpc) is 2.42. The van der Waals surface area contributed by atoms with Crippen LogP contribution in [-0.4, -0.2) is 32.6 Å². The van der Waals surface area contributed by atoms with Gasteiger partial charge in [-0.05, 0) is 12.1 Å². The summed E-state index contributed by atoms with van der Waals surface area (Å²) in [5.74, 6) is -7.97. The van der Waals surface area contributed by atoms with Gasteiger partial charge in [0.15, 0.2) is 0 Å². The van der Waals surface area contributed by atoms with E-state index in [9.17, 15) is 44.3 Å². The SMILES string of the molecule is C=C[Si](C)(C)c1cccc(N(C(=O)C(C(F)(F)F)C(F)(F)F)C(F)(F)F)c1. The van der Waals surface area contributed by atoms with Crippen LogP contribution in [0.2, 0.25) is 13.1 Å². The molecular weight excluding hydrogens is 409 g/mol. The van der Waals surface area contributed by atoms with E-state index >= 15 is 0 Å². The molecule has 0 saturated carbocycles. The van der Waals surface area contributed by atoms with Crippen molar-refractivity contribution in [3.8, 4) is 0 Å². The molecule has 0 aliphatic heterocycles. The molecule has 0 radical (unpaired) electrons. The van der Waals surface area contributed by atoms with E-state index < -0.39 is 49.1 Å². The number of alkyl halides is 9. The molecule has 0 atom stereocenters. The number of hydrogen-bond donors (Lipinski definition) is 0. The van der Waals surface area contributed by atoms with E-state index in [1.807, 2.05) is 0 Å². The van der Waals surface area contributed by atoms with Crippen LogP contribution in [0.25, 0.3) is 0 Å². The van der Waals surface area contributed by atoms with Crippen molar-refractivity contribution in [2.45, 2.75) is 31.7 Å². The van der Waals surface area contributed by atoms with Gasteiger partial charge in [0, 0.05) is 0 Å². The monoisotopic (exact) mass is 423 g/mol.